The van der Waals surface area contributed by atoms with Crippen molar-refractivity contribution in [3.05, 3.63) is 0 Å². The topological polar surface area (TPSA) is 18.5 Å². The van der Waals surface area contributed by atoms with Gasteiger partial charge in [-0.2, -0.15) is 0 Å². The largest absolute Gasteiger partial charge is 0.414 e. The summed E-state index contributed by atoms with van der Waals surface area (Å²) >= 11 is 0. The fraction of sp³-hybridized carbons (Fsp3) is 1.00. The summed E-state index contributed by atoms with van der Waals surface area (Å²) in [6.45, 7) is 14.1. The minimum absolute atomic E-state index is 0.236. The lowest BCUT2D eigenvalue weighted by Crippen LogP contribution is -2.61. The van der Waals surface area contributed by atoms with Gasteiger partial charge in [0.25, 0.3) is 0 Å². The highest BCUT2D eigenvalue weighted by Crippen LogP contribution is 2.58. The van der Waals surface area contributed by atoms with Crippen molar-refractivity contribution >= 4 is 16.6 Å². The van der Waals surface area contributed by atoms with E-state index in [0.29, 0.717) is 6.10 Å². The van der Waals surface area contributed by atoms with Crippen LogP contribution >= 0.6 is 0 Å². The maximum Gasteiger partial charge on any atom is 0.184 e. The first-order valence-corrected chi connectivity index (χ1v) is 15.2. The first-order chi connectivity index (χ1) is 9.05. The minimum atomic E-state index is -1.44. The average molecular weight is 313 g/mol. The van der Waals surface area contributed by atoms with Gasteiger partial charge in [0.2, 0.25) is 0 Å². The van der Waals surface area contributed by atoms with Gasteiger partial charge in [0.1, 0.15) is 0 Å². The third-order valence-corrected chi connectivity index (χ3v) is 7.17. The van der Waals surface area contributed by atoms with Crippen LogP contribution < -0.4 is 0 Å². The van der Waals surface area contributed by atoms with Crippen LogP contribution in [0.1, 0.15) is 32.1 Å². The van der Waals surface area contributed by atoms with E-state index in [1.165, 1.54) is 32.1 Å². The van der Waals surface area contributed by atoms with Gasteiger partial charge in [-0.05, 0) is 89.1 Å². The molecule has 4 aliphatic carbocycles. The summed E-state index contributed by atoms with van der Waals surface area (Å²) in [5, 5.41) is 0. The van der Waals surface area contributed by atoms with Gasteiger partial charge in [-0.25, -0.2) is 0 Å². The summed E-state index contributed by atoms with van der Waals surface area (Å²) in [6, 6.07) is 0. The van der Waals surface area contributed by atoms with Gasteiger partial charge < -0.3 is 8.85 Å². The molecule has 0 aromatic rings. The Hall–Kier alpha value is 0.354. The molecule has 4 heteroatoms. The zero-order chi connectivity index (χ0) is 14.8. The molecule has 0 spiro atoms. The maximum absolute atomic E-state index is 6.71. The van der Waals surface area contributed by atoms with Crippen LogP contribution in [0.15, 0.2) is 0 Å². The molecular formula is C16H32O2Si2. The Bertz CT molecular complexity index is 367. The van der Waals surface area contributed by atoms with Gasteiger partial charge in [0.05, 0.1) is 11.7 Å². The Balaban J connectivity index is 1.77. The normalized spacial score (nSPS) is 44.1. The van der Waals surface area contributed by atoms with E-state index in [1.807, 2.05) is 0 Å². The quantitative estimate of drug-likeness (QED) is 0.704. The molecule has 2 atom stereocenters. The Morgan fingerprint density at radius 2 is 1.35 bits per heavy atom. The molecule has 4 fully saturated rings. The predicted octanol–water partition coefficient (Wildman–Crippen LogP) is 4.64. The molecule has 20 heavy (non-hydrogen) atoms. The van der Waals surface area contributed by atoms with E-state index in [9.17, 15) is 0 Å². The Morgan fingerprint density at radius 1 is 0.800 bits per heavy atom. The van der Waals surface area contributed by atoms with Crippen molar-refractivity contribution in [2.75, 3.05) is 0 Å². The fourth-order valence-corrected chi connectivity index (χ4v) is 8.03. The van der Waals surface area contributed by atoms with Crippen molar-refractivity contribution < 1.29 is 8.85 Å². The van der Waals surface area contributed by atoms with E-state index in [0.717, 1.165) is 17.8 Å². The van der Waals surface area contributed by atoms with Gasteiger partial charge in [-0.15, -0.1) is 0 Å². The monoisotopic (exact) mass is 312 g/mol. The summed E-state index contributed by atoms with van der Waals surface area (Å²) in [4.78, 5) is 0. The van der Waals surface area contributed by atoms with Crippen LogP contribution in [0, 0.1) is 17.8 Å². The first kappa shape index (κ1) is 15.3. The Labute approximate surface area is 126 Å². The second-order valence-corrected chi connectivity index (χ2v) is 18.5. The van der Waals surface area contributed by atoms with Crippen LogP contribution in [0.5, 0.6) is 0 Å². The van der Waals surface area contributed by atoms with Gasteiger partial charge in [0, 0.05) is 0 Å². The van der Waals surface area contributed by atoms with Crippen molar-refractivity contribution in [2.24, 2.45) is 17.8 Å². The Morgan fingerprint density at radius 3 is 1.80 bits per heavy atom. The molecule has 0 amide bonds. The molecule has 4 rings (SSSR count). The Kier molecular flexibility index (Phi) is 3.56. The standard InChI is InChI=1S/C16H32O2Si2/c1-19(2,3)17-15-13-7-12-8-14(15)11-16(9-12,10-13)18-20(4,5)6/h12-15H,7-11H2,1-6H3. The molecule has 4 aliphatic rings. The third kappa shape index (κ3) is 3.08. The lowest BCUT2D eigenvalue weighted by Gasteiger charge is -2.61. The molecule has 116 valence electrons. The molecule has 2 unspecified atom stereocenters. The zero-order valence-electron chi connectivity index (χ0n) is 14.2. The van der Waals surface area contributed by atoms with E-state index in [2.05, 4.69) is 39.3 Å². The van der Waals surface area contributed by atoms with Gasteiger partial charge in [-0.1, -0.05) is 0 Å². The van der Waals surface area contributed by atoms with Crippen molar-refractivity contribution in [3.63, 3.8) is 0 Å². The van der Waals surface area contributed by atoms with Gasteiger partial charge >= 0.3 is 0 Å². The summed E-state index contributed by atoms with van der Waals surface area (Å²) < 4.78 is 13.3. The van der Waals surface area contributed by atoms with Crippen LogP contribution in [0.4, 0.5) is 0 Å². The van der Waals surface area contributed by atoms with E-state index >= 15 is 0 Å². The molecule has 2 nitrogen and oxygen atoms in total. The van der Waals surface area contributed by atoms with E-state index in [-0.39, 0.29) is 5.60 Å². The molecule has 0 radical (unpaired) electrons. The van der Waals surface area contributed by atoms with E-state index in [4.69, 9.17) is 8.85 Å². The van der Waals surface area contributed by atoms with Crippen molar-refractivity contribution in [1.82, 2.24) is 0 Å². The number of hydrogen-bond donors (Lipinski definition) is 0. The third-order valence-electron chi connectivity index (χ3n) is 5.14. The van der Waals surface area contributed by atoms with Crippen LogP contribution in [0.3, 0.4) is 0 Å². The summed E-state index contributed by atoms with van der Waals surface area (Å²) in [7, 11) is -2.86. The molecule has 0 saturated heterocycles. The molecule has 0 N–H and O–H groups in total. The van der Waals surface area contributed by atoms with Crippen LogP contribution in [-0.2, 0) is 8.85 Å². The van der Waals surface area contributed by atoms with Crippen LogP contribution in [0.2, 0.25) is 39.3 Å². The highest BCUT2D eigenvalue weighted by atomic mass is 28.4. The molecule has 0 heterocycles. The molecule has 0 aromatic heterocycles. The van der Waals surface area contributed by atoms with Crippen molar-refractivity contribution in [3.8, 4) is 0 Å². The highest BCUT2D eigenvalue weighted by Gasteiger charge is 2.57. The molecular weight excluding hydrogens is 280 g/mol. The molecule has 0 aliphatic heterocycles. The van der Waals surface area contributed by atoms with Crippen molar-refractivity contribution in [1.29, 1.82) is 0 Å². The number of rotatable bonds is 4. The smallest absolute Gasteiger partial charge is 0.184 e. The summed E-state index contributed by atoms with van der Waals surface area (Å²) in [5.74, 6) is 2.49. The second kappa shape index (κ2) is 4.67. The molecule has 4 bridgehead atoms. The lowest BCUT2D eigenvalue weighted by atomic mass is 9.53. The van der Waals surface area contributed by atoms with Gasteiger partial charge in [0.15, 0.2) is 16.6 Å². The maximum atomic E-state index is 6.71. The minimum Gasteiger partial charge on any atom is -0.414 e. The first-order valence-electron chi connectivity index (χ1n) is 8.43. The SMILES string of the molecule is C[Si](C)(C)OC1C2CC3CC1CC(O[Si](C)(C)C)(C3)C2. The van der Waals surface area contributed by atoms with Gasteiger partial charge in [-0.3, -0.25) is 0 Å². The highest BCUT2D eigenvalue weighted by molar-refractivity contribution is 6.70. The fourth-order valence-electron chi connectivity index (χ4n) is 5.28. The number of hydrogen-bond acceptors (Lipinski definition) is 2. The molecule has 4 saturated carbocycles. The lowest BCUT2D eigenvalue weighted by molar-refractivity contribution is -0.162. The van der Waals surface area contributed by atoms with E-state index < -0.39 is 16.6 Å². The summed E-state index contributed by atoms with van der Waals surface area (Å²) in [5.41, 5.74) is 0.236. The molecule has 0 aromatic carbocycles. The van der Waals surface area contributed by atoms with Crippen LogP contribution in [0.25, 0.3) is 0 Å². The van der Waals surface area contributed by atoms with E-state index in [1.54, 1.807) is 0 Å². The van der Waals surface area contributed by atoms with Crippen LogP contribution in [-0.4, -0.2) is 28.3 Å². The van der Waals surface area contributed by atoms with Crippen molar-refractivity contribution in [2.45, 2.75) is 83.1 Å². The predicted molar refractivity (Wildman–Crippen MR) is 88.9 cm³/mol. The average Bonchev–Trinajstić information content (AvgIpc) is 2.17. The summed E-state index contributed by atoms with van der Waals surface area (Å²) in [6.07, 6.45) is 7.25. The zero-order valence-corrected chi connectivity index (χ0v) is 16.2. The second-order valence-electron chi connectivity index (χ2n) is 9.56.